The van der Waals surface area contributed by atoms with Crippen LogP contribution < -0.4 is 5.32 Å². The lowest BCUT2D eigenvalue weighted by Gasteiger charge is -2.07. The molecule has 1 amide bonds. The predicted octanol–water partition coefficient (Wildman–Crippen LogP) is 0.580. The van der Waals surface area contributed by atoms with E-state index in [1.807, 2.05) is 18.4 Å². The van der Waals surface area contributed by atoms with Crippen molar-refractivity contribution in [2.75, 3.05) is 0 Å². The zero-order chi connectivity index (χ0) is 13.7. The van der Waals surface area contributed by atoms with Gasteiger partial charge in [-0.2, -0.15) is 0 Å². The summed E-state index contributed by atoms with van der Waals surface area (Å²) in [6, 6.07) is 0. The van der Waals surface area contributed by atoms with Crippen molar-refractivity contribution in [3.8, 4) is 0 Å². The number of carbonyl (C=O) groups is 1. The standard InChI is InChI=1S/C12H16N6O/c1-3-10-9(5-13-7-15-10)12(19)14-6-11-17-16-8-18(11)4-2/h5,7-8H,3-4,6H2,1-2H3,(H,14,19). The van der Waals surface area contributed by atoms with E-state index in [1.54, 1.807) is 6.33 Å². The van der Waals surface area contributed by atoms with Gasteiger partial charge in [-0.25, -0.2) is 9.97 Å². The van der Waals surface area contributed by atoms with E-state index in [4.69, 9.17) is 0 Å². The summed E-state index contributed by atoms with van der Waals surface area (Å²) < 4.78 is 1.88. The number of aromatic nitrogens is 5. The molecule has 0 bridgehead atoms. The Morgan fingerprint density at radius 3 is 3.00 bits per heavy atom. The minimum Gasteiger partial charge on any atom is -0.345 e. The van der Waals surface area contributed by atoms with Crippen molar-refractivity contribution in [2.24, 2.45) is 0 Å². The first-order valence-electron chi connectivity index (χ1n) is 6.20. The van der Waals surface area contributed by atoms with E-state index in [1.165, 1.54) is 12.5 Å². The van der Waals surface area contributed by atoms with E-state index in [0.717, 1.165) is 18.1 Å². The summed E-state index contributed by atoms with van der Waals surface area (Å²) in [6.45, 7) is 5.05. The third-order valence-corrected chi connectivity index (χ3v) is 2.82. The summed E-state index contributed by atoms with van der Waals surface area (Å²) in [6.07, 6.45) is 5.32. The van der Waals surface area contributed by atoms with Gasteiger partial charge in [-0.1, -0.05) is 6.92 Å². The fourth-order valence-electron chi connectivity index (χ4n) is 1.76. The highest BCUT2D eigenvalue weighted by Crippen LogP contribution is 2.04. The highest BCUT2D eigenvalue weighted by atomic mass is 16.1. The predicted molar refractivity (Wildman–Crippen MR) is 68.3 cm³/mol. The van der Waals surface area contributed by atoms with Crippen LogP contribution in [0.1, 0.15) is 35.7 Å². The first kappa shape index (κ1) is 13.1. The Kier molecular flexibility index (Phi) is 4.17. The maximum absolute atomic E-state index is 12.1. The number of carbonyl (C=O) groups excluding carboxylic acids is 1. The van der Waals surface area contributed by atoms with E-state index in [0.29, 0.717) is 18.5 Å². The topological polar surface area (TPSA) is 85.6 Å². The third kappa shape index (κ3) is 2.93. The average molecular weight is 260 g/mol. The van der Waals surface area contributed by atoms with Gasteiger partial charge in [-0.05, 0) is 13.3 Å². The lowest BCUT2D eigenvalue weighted by molar-refractivity contribution is 0.0947. The van der Waals surface area contributed by atoms with Crippen molar-refractivity contribution in [3.63, 3.8) is 0 Å². The van der Waals surface area contributed by atoms with Gasteiger partial charge < -0.3 is 9.88 Å². The number of hydrogen-bond donors (Lipinski definition) is 1. The quantitative estimate of drug-likeness (QED) is 0.850. The minimum atomic E-state index is -0.192. The molecule has 0 fully saturated rings. The molecule has 0 saturated heterocycles. The molecule has 0 atom stereocenters. The van der Waals surface area contributed by atoms with E-state index < -0.39 is 0 Å². The van der Waals surface area contributed by atoms with Gasteiger partial charge in [-0.15, -0.1) is 10.2 Å². The molecule has 0 aliphatic heterocycles. The van der Waals surface area contributed by atoms with Crippen LogP contribution in [0.4, 0.5) is 0 Å². The molecule has 7 heteroatoms. The number of nitrogens with one attached hydrogen (secondary N) is 1. The SMILES string of the molecule is CCc1ncncc1C(=O)NCc1nncn1CC. The first-order valence-corrected chi connectivity index (χ1v) is 6.20. The van der Waals surface area contributed by atoms with Gasteiger partial charge in [0.15, 0.2) is 5.82 Å². The molecular formula is C12H16N6O. The van der Waals surface area contributed by atoms with Gasteiger partial charge in [0.1, 0.15) is 12.7 Å². The van der Waals surface area contributed by atoms with Crippen molar-refractivity contribution >= 4 is 5.91 Å². The van der Waals surface area contributed by atoms with Crippen molar-refractivity contribution in [2.45, 2.75) is 33.4 Å². The van der Waals surface area contributed by atoms with Crippen molar-refractivity contribution < 1.29 is 4.79 Å². The molecule has 0 aromatic carbocycles. The molecule has 0 unspecified atom stereocenters. The van der Waals surface area contributed by atoms with Crippen molar-refractivity contribution in [3.05, 3.63) is 35.9 Å². The van der Waals surface area contributed by atoms with Gasteiger partial charge in [0.05, 0.1) is 17.8 Å². The van der Waals surface area contributed by atoms with Crippen LogP contribution in [0.3, 0.4) is 0 Å². The normalized spacial score (nSPS) is 10.4. The zero-order valence-electron chi connectivity index (χ0n) is 11.0. The van der Waals surface area contributed by atoms with Crippen molar-refractivity contribution in [1.82, 2.24) is 30.0 Å². The summed E-state index contributed by atoms with van der Waals surface area (Å²) in [4.78, 5) is 20.1. The molecule has 2 aromatic heterocycles. The molecule has 0 radical (unpaired) electrons. The molecule has 7 nitrogen and oxygen atoms in total. The summed E-state index contributed by atoms with van der Waals surface area (Å²) >= 11 is 0. The average Bonchev–Trinajstić information content (AvgIpc) is 2.92. The van der Waals surface area contributed by atoms with Crippen LogP contribution >= 0.6 is 0 Å². The molecular weight excluding hydrogens is 244 g/mol. The Morgan fingerprint density at radius 2 is 2.26 bits per heavy atom. The molecule has 0 aliphatic carbocycles. The fourth-order valence-corrected chi connectivity index (χ4v) is 1.76. The summed E-state index contributed by atoms with van der Waals surface area (Å²) in [7, 11) is 0. The molecule has 2 rings (SSSR count). The van der Waals surface area contributed by atoms with Gasteiger partial charge in [0.2, 0.25) is 0 Å². The van der Waals surface area contributed by atoms with Crippen LogP contribution in [0.2, 0.25) is 0 Å². The Bertz CT molecular complexity index is 565. The fraction of sp³-hybridized carbons (Fsp3) is 0.417. The summed E-state index contributed by atoms with van der Waals surface area (Å²) in [5.74, 6) is 0.536. The highest BCUT2D eigenvalue weighted by molar-refractivity contribution is 5.94. The number of nitrogens with zero attached hydrogens (tertiary/aromatic N) is 5. The molecule has 19 heavy (non-hydrogen) atoms. The second kappa shape index (κ2) is 6.03. The lowest BCUT2D eigenvalue weighted by atomic mass is 10.2. The molecule has 2 aromatic rings. The van der Waals surface area contributed by atoms with E-state index in [-0.39, 0.29) is 5.91 Å². The van der Waals surface area contributed by atoms with Crippen LogP contribution in [0, 0.1) is 0 Å². The number of amides is 1. The van der Waals surface area contributed by atoms with Crippen molar-refractivity contribution in [1.29, 1.82) is 0 Å². The second-order valence-corrected chi connectivity index (χ2v) is 3.95. The molecule has 0 saturated carbocycles. The summed E-state index contributed by atoms with van der Waals surface area (Å²) in [5.41, 5.74) is 1.25. The molecule has 2 heterocycles. The first-order chi connectivity index (χ1) is 9.26. The molecule has 0 aliphatic rings. The summed E-state index contributed by atoms with van der Waals surface area (Å²) in [5, 5.41) is 10.6. The van der Waals surface area contributed by atoms with Crippen LogP contribution in [-0.2, 0) is 19.5 Å². The number of aryl methyl sites for hydroxylation is 2. The van der Waals surface area contributed by atoms with E-state index in [9.17, 15) is 4.79 Å². The largest absolute Gasteiger partial charge is 0.345 e. The Morgan fingerprint density at radius 1 is 1.42 bits per heavy atom. The molecule has 100 valence electrons. The van der Waals surface area contributed by atoms with Gasteiger partial charge in [0.25, 0.3) is 5.91 Å². The number of hydrogen-bond acceptors (Lipinski definition) is 5. The monoisotopic (exact) mass is 260 g/mol. The maximum Gasteiger partial charge on any atom is 0.255 e. The third-order valence-electron chi connectivity index (χ3n) is 2.82. The van der Waals surface area contributed by atoms with Crippen LogP contribution in [-0.4, -0.2) is 30.6 Å². The Balaban J connectivity index is 2.05. The zero-order valence-corrected chi connectivity index (χ0v) is 11.0. The Hall–Kier alpha value is -2.31. The van der Waals surface area contributed by atoms with Gasteiger partial charge in [-0.3, -0.25) is 4.79 Å². The lowest BCUT2D eigenvalue weighted by Crippen LogP contribution is -2.26. The minimum absolute atomic E-state index is 0.192. The molecule has 0 spiro atoms. The van der Waals surface area contributed by atoms with E-state index >= 15 is 0 Å². The van der Waals surface area contributed by atoms with Crippen LogP contribution in [0.15, 0.2) is 18.9 Å². The van der Waals surface area contributed by atoms with Crippen LogP contribution in [0.5, 0.6) is 0 Å². The highest BCUT2D eigenvalue weighted by Gasteiger charge is 2.12. The smallest absolute Gasteiger partial charge is 0.255 e. The number of rotatable bonds is 5. The Labute approximate surface area is 111 Å². The van der Waals surface area contributed by atoms with Gasteiger partial charge in [0, 0.05) is 12.7 Å². The van der Waals surface area contributed by atoms with Gasteiger partial charge >= 0.3 is 0 Å². The van der Waals surface area contributed by atoms with E-state index in [2.05, 4.69) is 25.5 Å². The van der Waals surface area contributed by atoms with Crippen LogP contribution in [0.25, 0.3) is 0 Å². The molecule has 1 N–H and O–H groups in total. The maximum atomic E-state index is 12.1. The second-order valence-electron chi connectivity index (χ2n) is 3.95.